The molecule has 166 valence electrons. The smallest absolute Gasteiger partial charge is 0.256 e. The lowest BCUT2D eigenvalue weighted by atomic mass is 10.1. The zero-order valence-corrected chi connectivity index (χ0v) is 18.1. The van der Waals surface area contributed by atoms with E-state index in [0.717, 1.165) is 17.7 Å². The summed E-state index contributed by atoms with van der Waals surface area (Å²) in [4.78, 5) is 46.9. The number of carbonyl (C=O) groups excluding carboxylic acids is 3. The van der Waals surface area contributed by atoms with Crippen LogP contribution in [-0.2, 0) is 17.9 Å². The maximum Gasteiger partial charge on any atom is 0.256 e. The number of aromatic nitrogens is 1. The summed E-state index contributed by atoms with van der Waals surface area (Å²) >= 11 is 0. The Morgan fingerprint density at radius 2 is 1.88 bits per heavy atom. The van der Waals surface area contributed by atoms with Gasteiger partial charge in [-0.05, 0) is 54.8 Å². The van der Waals surface area contributed by atoms with Crippen LogP contribution in [0.1, 0.15) is 44.8 Å². The van der Waals surface area contributed by atoms with E-state index in [1.807, 2.05) is 48.5 Å². The van der Waals surface area contributed by atoms with Crippen LogP contribution in [0.2, 0.25) is 0 Å². The van der Waals surface area contributed by atoms with Crippen molar-refractivity contribution in [1.82, 2.24) is 15.2 Å². The van der Waals surface area contributed by atoms with Crippen LogP contribution in [0.3, 0.4) is 0 Å². The fourth-order valence-corrected chi connectivity index (χ4v) is 4.54. The van der Waals surface area contributed by atoms with Gasteiger partial charge in [-0.2, -0.15) is 0 Å². The highest BCUT2D eigenvalue weighted by Crippen LogP contribution is 2.33. The Hall–Kier alpha value is -4.00. The first-order chi connectivity index (χ1) is 16.1. The van der Waals surface area contributed by atoms with E-state index >= 15 is 0 Å². The van der Waals surface area contributed by atoms with Crippen molar-refractivity contribution in [3.8, 4) is 0 Å². The first-order valence-corrected chi connectivity index (χ1v) is 11.1. The Kier molecular flexibility index (Phi) is 5.60. The molecule has 1 N–H and O–H groups in total. The predicted octanol–water partition coefficient (Wildman–Crippen LogP) is 3.16. The zero-order chi connectivity index (χ0) is 22.8. The van der Waals surface area contributed by atoms with Crippen LogP contribution < -0.4 is 10.2 Å². The predicted molar refractivity (Wildman–Crippen MR) is 124 cm³/mol. The van der Waals surface area contributed by atoms with Crippen molar-refractivity contribution in [3.63, 3.8) is 0 Å². The number of rotatable bonds is 5. The van der Waals surface area contributed by atoms with Crippen LogP contribution in [0, 0.1) is 0 Å². The number of para-hydroxylation sites is 1. The summed E-state index contributed by atoms with van der Waals surface area (Å²) in [7, 11) is 0. The quantitative estimate of drug-likeness (QED) is 0.661. The van der Waals surface area contributed by atoms with Crippen molar-refractivity contribution >= 4 is 23.4 Å². The van der Waals surface area contributed by atoms with Gasteiger partial charge in [0.2, 0.25) is 5.91 Å². The zero-order valence-electron chi connectivity index (χ0n) is 18.1. The number of pyridine rings is 1. The average molecular weight is 441 g/mol. The van der Waals surface area contributed by atoms with E-state index in [-0.39, 0.29) is 24.3 Å². The Labute approximate surface area is 192 Å². The minimum absolute atomic E-state index is 0.0733. The number of carbonyl (C=O) groups is 3. The topological polar surface area (TPSA) is 82.6 Å². The number of hydrogen-bond donors (Lipinski definition) is 1. The van der Waals surface area contributed by atoms with Gasteiger partial charge in [0.15, 0.2) is 0 Å². The molecule has 1 aromatic heterocycles. The number of hydrogen-bond acceptors (Lipinski definition) is 4. The molecular weight excluding hydrogens is 416 g/mol. The molecule has 2 aliphatic rings. The first-order valence-electron chi connectivity index (χ1n) is 11.1. The van der Waals surface area contributed by atoms with Gasteiger partial charge in [0.1, 0.15) is 6.04 Å². The van der Waals surface area contributed by atoms with Crippen molar-refractivity contribution in [1.29, 1.82) is 0 Å². The average Bonchev–Trinajstić information content (AvgIpc) is 3.33. The van der Waals surface area contributed by atoms with Gasteiger partial charge in [-0.15, -0.1) is 0 Å². The summed E-state index contributed by atoms with van der Waals surface area (Å²) in [5.74, 6) is -0.371. The lowest BCUT2D eigenvalue weighted by Crippen LogP contribution is -2.44. The molecule has 3 amide bonds. The fourth-order valence-electron chi connectivity index (χ4n) is 4.54. The minimum Gasteiger partial charge on any atom is -0.346 e. The van der Waals surface area contributed by atoms with Gasteiger partial charge >= 0.3 is 0 Å². The van der Waals surface area contributed by atoms with E-state index < -0.39 is 6.04 Å². The van der Waals surface area contributed by atoms with E-state index in [0.29, 0.717) is 36.3 Å². The summed E-state index contributed by atoms with van der Waals surface area (Å²) in [5, 5.41) is 2.88. The Balaban J connectivity index is 1.39. The molecule has 1 fully saturated rings. The summed E-state index contributed by atoms with van der Waals surface area (Å²) in [5.41, 5.74) is 3.27. The number of benzene rings is 2. The van der Waals surface area contributed by atoms with Crippen molar-refractivity contribution < 1.29 is 14.4 Å². The molecule has 7 nitrogen and oxygen atoms in total. The molecule has 5 rings (SSSR count). The second-order valence-electron chi connectivity index (χ2n) is 8.30. The van der Waals surface area contributed by atoms with Crippen LogP contribution in [-0.4, -0.2) is 40.2 Å². The van der Waals surface area contributed by atoms with Crippen molar-refractivity contribution in [2.24, 2.45) is 0 Å². The molecule has 1 saturated heterocycles. The Bertz CT molecular complexity index is 1210. The first kappa shape index (κ1) is 20.9. The molecule has 0 radical (unpaired) electrons. The second kappa shape index (κ2) is 8.86. The lowest BCUT2D eigenvalue weighted by molar-refractivity contribution is -0.122. The second-order valence-corrected chi connectivity index (χ2v) is 8.30. The van der Waals surface area contributed by atoms with Gasteiger partial charge in [0.25, 0.3) is 11.8 Å². The van der Waals surface area contributed by atoms with Crippen molar-refractivity contribution in [3.05, 3.63) is 95.3 Å². The fraction of sp³-hybridized carbons (Fsp3) is 0.231. The van der Waals surface area contributed by atoms with Crippen molar-refractivity contribution in [2.45, 2.75) is 32.0 Å². The standard InChI is InChI=1S/C26H24N4O3/c31-24(28-16-20-9-3-4-13-27-20)19-8-5-7-18(15-19)17-30-22-11-2-1-10-21(22)25(32)29-14-6-12-23(29)26(30)33/h1-5,7-11,13,15,23H,6,12,14,16-17H2,(H,28,31). The molecule has 0 saturated carbocycles. The van der Waals surface area contributed by atoms with E-state index in [9.17, 15) is 14.4 Å². The number of anilines is 1. The highest BCUT2D eigenvalue weighted by Gasteiger charge is 2.41. The molecular formula is C26H24N4O3. The van der Waals surface area contributed by atoms with Crippen LogP contribution >= 0.6 is 0 Å². The largest absolute Gasteiger partial charge is 0.346 e. The van der Waals surface area contributed by atoms with Gasteiger partial charge in [0, 0.05) is 18.3 Å². The Morgan fingerprint density at radius 3 is 2.73 bits per heavy atom. The van der Waals surface area contributed by atoms with Crippen LogP contribution in [0.25, 0.3) is 0 Å². The van der Waals surface area contributed by atoms with Crippen molar-refractivity contribution in [2.75, 3.05) is 11.4 Å². The summed E-state index contributed by atoms with van der Waals surface area (Å²) in [6, 6.07) is 19.6. The molecule has 33 heavy (non-hydrogen) atoms. The SMILES string of the molecule is O=C(NCc1ccccn1)c1cccc(CN2C(=O)C3CCCN3C(=O)c3ccccc32)c1. The van der Waals surface area contributed by atoms with E-state index in [1.165, 1.54) is 0 Å². The summed E-state index contributed by atoms with van der Waals surface area (Å²) in [6.45, 7) is 1.22. The maximum absolute atomic E-state index is 13.5. The molecule has 3 heterocycles. The van der Waals surface area contributed by atoms with Gasteiger partial charge in [0.05, 0.1) is 30.0 Å². The number of fused-ring (bicyclic) bond motifs is 2. The monoisotopic (exact) mass is 440 g/mol. The molecule has 3 aromatic rings. The highest BCUT2D eigenvalue weighted by atomic mass is 16.2. The normalized spacial score (nSPS) is 17.4. The van der Waals surface area contributed by atoms with Gasteiger partial charge in [-0.3, -0.25) is 19.4 Å². The number of nitrogens with zero attached hydrogens (tertiary/aromatic N) is 3. The lowest BCUT2D eigenvalue weighted by Gasteiger charge is -2.26. The highest BCUT2D eigenvalue weighted by molar-refractivity contribution is 6.11. The van der Waals surface area contributed by atoms with Gasteiger partial charge in [-0.1, -0.05) is 30.3 Å². The minimum atomic E-state index is -0.435. The number of nitrogens with one attached hydrogen (secondary N) is 1. The molecule has 7 heteroatoms. The van der Waals surface area contributed by atoms with E-state index in [4.69, 9.17) is 0 Å². The maximum atomic E-state index is 13.5. The van der Waals surface area contributed by atoms with Crippen LogP contribution in [0.4, 0.5) is 5.69 Å². The molecule has 1 atom stereocenters. The van der Waals surface area contributed by atoms with Crippen LogP contribution in [0.15, 0.2) is 72.9 Å². The van der Waals surface area contributed by atoms with E-state index in [2.05, 4.69) is 10.3 Å². The van der Waals surface area contributed by atoms with Gasteiger partial charge in [-0.25, -0.2) is 0 Å². The van der Waals surface area contributed by atoms with E-state index in [1.54, 1.807) is 34.2 Å². The third-order valence-electron chi connectivity index (χ3n) is 6.18. The number of amides is 3. The third-order valence-corrected chi connectivity index (χ3v) is 6.18. The molecule has 2 aliphatic heterocycles. The molecule has 0 aliphatic carbocycles. The molecule has 2 aromatic carbocycles. The van der Waals surface area contributed by atoms with Gasteiger partial charge < -0.3 is 15.1 Å². The van der Waals surface area contributed by atoms with Crippen LogP contribution in [0.5, 0.6) is 0 Å². The molecule has 1 unspecified atom stereocenters. The summed E-state index contributed by atoms with van der Waals surface area (Å²) in [6.07, 6.45) is 3.18. The Morgan fingerprint density at radius 1 is 1.03 bits per heavy atom. The summed E-state index contributed by atoms with van der Waals surface area (Å²) < 4.78 is 0. The molecule has 0 bridgehead atoms. The molecule has 0 spiro atoms. The third kappa shape index (κ3) is 4.09.